The fourth-order valence-corrected chi connectivity index (χ4v) is 2.80. The Bertz CT molecular complexity index is 902. The maximum Gasteiger partial charge on any atom is 0.240 e. The number of imidazole rings is 1. The van der Waals surface area contributed by atoms with Gasteiger partial charge in [0.2, 0.25) is 5.91 Å². The highest BCUT2D eigenvalue weighted by atomic mass is 16.5. The number of amides is 1. The third-order valence-electron chi connectivity index (χ3n) is 3.91. The lowest BCUT2D eigenvalue weighted by Gasteiger charge is -2.13. The van der Waals surface area contributed by atoms with Gasteiger partial charge in [0, 0.05) is 6.04 Å². The molecule has 0 aliphatic carbocycles. The van der Waals surface area contributed by atoms with E-state index in [4.69, 9.17) is 9.47 Å². The van der Waals surface area contributed by atoms with Crippen LogP contribution in [0.3, 0.4) is 0 Å². The summed E-state index contributed by atoms with van der Waals surface area (Å²) in [7, 11) is 1.60. The Labute approximate surface area is 152 Å². The van der Waals surface area contributed by atoms with Crippen LogP contribution in [0.4, 0.5) is 0 Å². The highest BCUT2D eigenvalue weighted by Gasteiger charge is 2.15. The second kappa shape index (κ2) is 7.91. The van der Waals surface area contributed by atoms with Crippen molar-refractivity contribution in [2.45, 2.75) is 33.0 Å². The lowest BCUT2D eigenvalue weighted by molar-refractivity contribution is -0.122. The molecule has 0 spiro atoms. The molecule has 0 fully saturated rings. The summed E-state index contributed by atoms with van der Waals surface area (Å²) in [6.45, 7) is 4.32. The summed E-state index contributed by atoms with van der Waals surface area (Å²) in [6.07, 6.45) is 0. The van der Waals surface area contributed by atoms with Crippen LogP contribution in [0.5, 0.6) is 11.5 Å². The number of nitrogens with zero attached hydrogens (tertiary/aromatic N) is 2. The van der Waals surface area contributed by atoms with Gasteiger partial charge in [0.15, 0.2) is 11.5 Å². The standard InChI is InChI=1S/C20H23N3O3/c1-14(2)21-20(24)12-23-16-9-5-4-8-15(16)22-19(23)13-26-18-11-7-6-10-17(18)25-3/h4-11,14H,12-13H2,1-3H3,(H,21,24). The summed E-state index contributed by atoms with van der Waals surface area (Å²) >= 11 is 0. The Morgan fingerprint density at radius 2 is 1.81 bits per heavy atom. The topological polar surface area (TPSA) is 65.4 Å². The predicted molar refractivity (Wildman–Crippen MR) is 100 cm³/mol. The van der Waals surface area contributed by atoms with E-state index >= 15 is 0 Å². The molecule has 26 heavy (non-hydrogen) atoms. The monoisotopic (exact) mass is 353 g/mol. The van der Waals surface area contributed by atoms with Gasteiger partial charge in [-0.25, -0.2) is 4.98 Å². The normalized spacial score (nSPS) is 10.9. The third-order valence-corrected chi connectivity index (χ3v) is 3.91. The average Bonchev–Trinajstić information content (AvgIpc) is 2.97. The molecule has 0 aliphatic rings. The van der Waals surface area contributed by atoms with E-state index in [1.165, 1.54) is 0 Å². The summed E-state index contributed by atoms with van der Waals surface area (Å²) in [4.78, 5) is 16.9. The van der Waals surface area contributed by atoms with Crippen LogP contribution < -0.4 is 14.8 Å². The number of fused-ring (bicyclic) bond motifs is 1. The number of rotatable bonds is 7. The molecule has 1 N–H and O–H groups in total. The Morgan fingerprint density at radius 3 is 2.54 bits per heavy atom. The minimum Gasteiger partial charge on any atom is -0.493 e. The van der Waals surface area contributed by atoms with Crippen molar-refractivity contribution in [2.24, 2.45) is 0 Å². The molecule has 136 valence electrons. The van der Waals surface area contributed by atoms with E-state index in [0.717, 1.165) is 11.0 Å². The van der Waals surface area contributed by atoms with Crippen molar-refractivity contribution in [1.82, 2.24) is 14.9 Å². The van der Waals surface area contributed by atoms with Crippen LogP contribution in [0.1, 0.15) is 19.7 Å². The van der Waals surface area contributed by atoms with Crippen LogP contribution in [0.15, 0.2) is 48.5 Å². The Kier molecular flexibility index (Phi) is 5.41. The quantitative estimate of drug-likeness (QED) is 0.709. The van der Waals surface area contributed by atoms with E-state index in [9.17, 15) is 4.79 Å². The van der Waals surface area contributed by atoms with Crippen molar-refractivity contribution < 1.29 is 14.3 Å². The van der Waals surface area contributed by atoms with Crippen molar-refractivity contribution in [2.75, 3.05) is 7.11 Å². The number of carbonyl (C=O) groups excluding carboxylic acids is 1. The van der Waals surface area contributed by atoms with Gasteiger partial charge in [0.1, 0.15) is 19.0 Å². The molecule has 0 saturated heterocycles. The Balaban J connectivity index is 1.87. The van der Waals surface area contributed by atoms with Crippen molar-refractivity contribution >= 4 is 16.9 Å². The van der Waals surface area contributed by atoms with Crippen molar-refractivity contribution in [3.63, 3.8) is 0 Å². The lowest BCUT2D eigenvalue weighted by atomic mass is 10.3. The molecule has 0 unspecified atom stereocenters. The molecule has 0 bridgehead atoms. The second-order valence-corrected chi connectivity index (χ2v) is 6.26. The van der Waals surface area contributed by atoms with Gasteiger partial charge in [-0.1, -0.05) is 24.3 Å². The second-order valence-electron chi connectivity index (χ2n) is 6.26. The van der Waals surface area contributed by atoms with Gasteiger partial charge in [0.05, 0.1) is 18.1 Å². The minimum atomic E-state index is -0.0540. The van der Waals surface area contributed by atoms with E-state index in [0.29, 0.717) is 17.3 Å². The first-order valence-electron chi connectivity index (χ1n) is 8.58. The average molecular weight is 353 g/mol. The van der Waals surface area contributed by atoms with Gasteiger partial charge in [-0.3, -0.25) is 4.79 Å². The first-order chi connectivity index (χ1) is 12.6. The zero-order valence-corrected chi connectivity index (χ0v) is 15.2. The fourth-order valence-electron chi connectivity index (χ4n) is 2.80. The first kappa shape index (κ1) is 17.8. The molecule has 0 aliphatic heterocycles. The number of aromatic nitrogens is 2. The lowest BCUT2D eigenvalue weighted by Crippen LogP contribution is -2.33. The van der Waals surface area contributed by atoms with Crippen LogP contribution in [0.2, 0.25) is 0 Å². The first-order valence-corrected chi connectivity index (χ1v) is 8.58. The summed E-state index contributed by atoms with van der Waals surface area (Å²) < 4.78 is 13.1. The molecule has 3 rings (SSSR count). The number of hydrogen-bond acceptors (Lipinski definition) is 4. The molecular formula is C20H23N3O3. The van der Waals surface area contributed by atoms with Crippen LogP contribution in [-0.2, 0) is 17.9 Å². The van der Waals surface area contributed by atoms with Crippen molar-refractivity contribution in [3.8, 4) is 11.5 Å². The maximum absolute atomic E-state index is 12.3. The molecule has 0 saturated carbocycles. The number of benzene rings is 2. The van der Waals surface area contributed by atoms with Crippen molar-refractivity contribution in [3.05, 3.63) is 54.4 Å². The molecule has 6 nitrogen and oxygen atoms in total. The van der Waals surface area contributed by atoms with E-state index in [-0.39, 0.29) is 25.1 Å². The van der Waals surface area contributed by atoms with Gasteiger partial charge in [-0.2, -0.15) is 0 Å². The highest BCUT2D eigenvalue weighted by molar-refractivity contribution is 5.81. The summed E-state index contributed by atoms with van der Waals surface area (Å²) in [6, 6.07) is 15.3. The predicted octanol–water partition coefficient (Wildman–Crippen LogP) is 3.15. The van der Waals surface area contributed by atoms with Gasteiger partial charge in [-0.05, 0) is 38.1 Å². The zero-order chi connectivity index (χ0) is 18.5. The molecule has 0 radical (unpaired) electrons. The van der Waals surface area contributed by atoms with Crippen LogP contribution in [0.25, 0.3) is 11.0 Å². The zero-order valence-electron chi connectivity index (χ0n) is 15.2. The van der Waals surface area contributed by atoms with Crippen molar-refractivity contribution in [1.29, 1.82) is 0 Å². The van der Waals surface area contributed by atoms with E-state index in [2.05, 4.69) is 10.3 Å². The smallest absolute Gasteiger partial charge is 0.240 e. The van der Waals surface area contributed by atoms with Crippen LogP contribution in [0, 0.1) is 0 Å². The highest BCUT2D eigenvalue weighted by Crippen LogP contribution is 2.27. The molecule has 2 aromatic carbocycles. The van der Waals surface area contributed by atoms with E-state index < -0.39 is 0 Å². The van der Waals surface area contributed by atoms with Gasteiger partial charge in [-0.15, -0.1) is 0 Å². The van der Waals surface area contributed by atoms with Gasteiger partial charge in [0.25, 0.3) is 0 Å². The molecule has 1 heterocycles. The van der Waals surface area contributed by atoms with E-state index in [1.54, 1.807) is 7.11 Å². The largest absolute Gasteiger partial charge is 0.493 e. The van der Waals surface area contributed by atoms with Gasteiger partial charge < -0.3 is 19.4 Å². The minimum absolute atomic E-state index is 0.0540. The van der Waals surface area contributed by atoms with Crippen LogP contribution in [-0.4, -0.2) is 28.6 Å². The van der Waals surface area contributed by atoms with Gasteiger partial charge >= 0.3 is 0 Å². The molecule has 1 aromatic heterocycles. The number of nitrogens with one attached hydrogen (secondary N) is 1. The number of ether oxygens (including phenoxy) is 2. The SMILES string of the molecule is COc1ccccc1OCc1nc2ccccc2n1CC(=O)NC(C)C. The Morgan fingerprint density at radius 1 is 1.12 bits per heavy atom. The Hall–Kier alpha value is -3.02. The van der Waals surface area contributed by atoms with E-state index in [1.807, 2.05) is 66.9 Å². The number of methoxy groups -OCH3 is 1. The molecule has 0 atom stereocenters. The summed E-state index contributed by atoms with van der Waals surface area (Å²) in [5.41, 5.74) is 1.74. The number of carbonyl (C=O) groups is 1. The van der Waals surface area contributed by atoms with Crippen LogP contribution >= 0.6 is 0 Å². The number of para-hydroxylation sites is 4. The molecule has 1 amide bonds. The third kappa shape index (κ3) is 3.96. The summed E-state index contributed by atoms with van der Waals surface area (Å²) in [5.74, 6) is 1.94. The molecule has 6 heteroatoms. The molecular weight excluding hydrogens is 330 g/mol. The maximum atomic E-state index is 12.3. The summed E-state index contributed by atoms with van der Waals surface area (Å²) in [5, 5.41) is 2.92. The fraction of sp³-hybridized carbons (Fsp3) is 0.300. The number of hydrogen-bond donors (Lipinski definition) is 1. The molecule has 3 aromatic rings.